The molecule has 0 bridgehead atoms. The van der Waals surface area contributed by atoms with Crippen LogP contribution in [0.1, 0.15) is 64.3 Å². The predicted molar refractivity (Wildman–Crippen MR) is 116 cm³/mol. The molecule has 3 unspecified atom stereocenters. The molecular formula is C25H25FN4O2. The van der Waals surface area contributed by atoms with Crippen molar-refractivity contribution in [3.8, 4) is 0 Å². The van der Waals surface area contributed by atoms with Crippen molar-refractivity contribution in [2.45, 2.75) is 49.7 Å². The minimum absolute atomic E-state index is 0.181. The zero-order valence-electron chi connectivity index (χ0n) is 17.7. The molecule has 2 aromatic heterocycles. The van der Waals surface area contributed by atoms with Crippen molar-refractivity contribution in [1.82, 2.24) is 19.4 Å². The molecular weight excluding hydrogens is 407 g/mol. The topological polar surface area (TPSA) is 71.2 Å². The fourth-order valence-electron chi connectivity index (χ4n) is 5.92. The predicted octanol–water partition coefficient (Wildman–Crippen LogP) is 3.37. The number of hydrogen-bond donors (Lipinski definition) is 1. The smallest absolute Gasteiger partial charge is 0.272 e. The van der Waals surface area contributed by atoms with Crippen LogP contribution in [0.2, 0.25) is 0 Å². The first-order chi connectivity index (χ1) is 15.5. The highest BCUT2D eigenvalue weighted by Crippen LogP contribution is 2.51. The van der Waals surface area contributed by atoms with Gasteiger partial charge in [-0.2, -0.15) is 0 Å². The maximum Gasteiger partial charge on any atom is 0.272 e. The Balaban J connectivity index is 1.25. The van der Waals surface area contributed by atoms with Crippen molar-refractivity contribution < 1.29 is 14.3 Å². The number of aliphatic hydroxyl groups is 1. The first-order valence-corrected chi connectivity index (χ1v) is 11.3. The standard InChI is InChI=1S/C25H25FN4O2/c26-18-3-5-21(28-13-18)24(32)30-9-7-25(15-30)12-22(31)19-11-16(1-4-20(19)25)17-2-6-23-27-8-10-29(23)14-17/h1,3-5,8,10-11,13,17,22,31H,2,6-7,9,12,14-15H2. The molecule has 7 heteroatoms. The minimum Gasteiger partial charge on any atom is -0.388 e. The molecule has 3 aromatic rings. The van der Waals surface area contributed by atoms with Gasteiger partial charge in [0.25, 0.3) is 5.91 Å². The summed E-state index contributed by atoms with van der Waals surface area (Å²) in [6.45, 7) is 2.08. The summed E-state index contributed by atoms with van der Waals surface area (Å²) in [5, 5.41) is 11.0. The lowest BCUT2D eigenvalue weighted by atomic mass is 9.80. The molecule has 4 heterocycles. The van der Waals surface area contributed by atoms with E-state index in [1.54, 1.807) is 4.90 Å². The van der Waals surface area contributed by atoms with E-state index in [0.717, 1.165) is 49.0 Å². The largest absolute Gasteiger partial charge is 0.388 e. The van der Waals surface area contributed by atoms with Gasteiger partial charge in [0.05, 0.1) is 12.3 Å². The summed E-state index contributed by atoms with van der Waals surface area (Å²) in [5.74, 6) is 0.926. The fourth-order valence-corrected chi connectivity index (χ4v) is 5.92. The average Bonchev–Trinajstić information content (AvgIpc) is 3.52. The Labute approximate surface area is 185 Å². The summed E-state index contributed by atoms with van der Waals surface area (Å²) in [7, 11) is 0. The fraction of sp³-hybridized carbons (Fsp3) is 0.400. The molecule has 1 spiro atoms. The Hall–Kier alpha value is -3.06. The second kappa shape index (κ2) is 7.24. The Morgan fingerprint density at radius 1 is 1.22 bits per heavy atom. The lowest BCUT2D eigenvalue weighted by Crippen LogP contribution is -2.34. The van der Waals surface area contributed by atoms with Gasteiger partial charge in [-0.1, -0.05) is 18.2 Å². The zero-order chi connectivity index (χ0) is 21.9. The first-order valence-electron chi connectivity index (χ1n) is 11.3. The lowest BCUT2D eigenvalue weighted by Gasteiger charge is -2.27. The number of fused-ring (bicyclic) bond motifs is 3. The van der Waals surface area contributed by atoms with Gasteiger partial charge in [-0.25, -0.2) is 14.4 Å². The van der Waals surface area contributed by atoms with Crippen molar-refractivity contribution in [3.63, 3.8) is 0 Å². The van der Waals surface area contributed by atoms with Crippen LogP contribution in [0, 0.1) is 5.82 Å². The second-order valence-electron chi connectivity index (χ2n) is 9.42. The number of imidazole rings is 1. The molecule has 1 N–H and O–H groups in total. The number of pyridine rings is 1. The molecule has 0 saturated carbocycles. The van der Waals surface area contributed by atoms with E-state index in [1.165, 1.54) is 17.7 Å². The van der Waals surface area contributed by atoms with E-state index in [-0.39, 0.29) is 17.0 Å². The summed E-state index contributed by atoms with van der Waals surface area (Å²) in [4.78, 5) is 23.1. The molecule has 32 heavy (non-hydrogen) atoms. The Kier molecular flexibility index (Phi) is 4.43. The van der Waals surface area contributed by atoms with E-state index < -0.39 is 11.9 Å². The highest BCUT2D eigenvalue weighted by Gasteiger charge is 2.49. The van der Waals surface area contributed by atoms with E-state index in [4.69, 9.17) is 0 Å². The SMILES string of the molecule is O=C(c1ccc(F)cn1)N1CCC2(CC(O)c3cc(C4CCc5nccn5C4)ccc32)C1. The van der Waals surface area contributed by atoms with Crippen LogP contribution >= 0.6 is 0 Å². The van der Waals surface area contributed by atoms with Gasteiger partial charge in [0.1, 0.15) is 17.3 Å². The average molecular weight is 432 g/mol. The highest BCUT2D eigenvalue weighted by molar-refractivity contribution is 5.92. The third-order valence-electron chi connectivity index (χ3n) is 7.58. The van der Waals surface area contributed by atoms with Crippen LogP contribution in [-0.2, 0) is 18.4 Å². The molecule has 1 amide bonds. The van der Waals surface area contributed by atoms with Crippen molar-refractivity contribution >= 4 is 5.91 Å². The highest BCUT2D eigenvalue weighted by atomic mass is 19.1. The van der Waals surface area contributed by atoms with Gasteiger partial charge in [-0.3, -0.25) is 4.79 Å². The van der Waals surface area contributed by atoms with Gasteiger partial charge >= 0.3 is 0 Å². The van der Waals surface area contributed by atoms with Crippen LogP contribution in [-0.4, -0.2) is 43.5 Å². The van der Waals surface area contributed by atoms with Gasteiger partial charge in [0, 0.05) is 49.8 Å². The van der Waals surface area contributed by atoms with Crippen molar-refractivity contribution in [3.05, 3.63) is 82.9 Å². The molecule has 1 aliphatic carbocycles. The summed E-state index contributed by atoms with van der Waals surface area (Å²) in [6, 6.07) is 9.27. The third kappa shape index (κ3) is 3.06. The van der Waals surface area contributed by atoms with Crippen LogP contribution in [0.5, 0.6) is 0 Å². The number of carbonyl (C=O) groups excluding carboxylic acids is 1. The lowest BCUT2D eigenvalue weighted by molar-refractivity contribution is 0.0770. The quantitative estimate of drug-likeness (QED) is 0.674. The minimum atomic E-state index is -0.517. The van der Waals surface area contributed by atoms with Crippen molar-refractivity contribution in [2.24, 2.45) is 0 Å². The van der Waals surface area contributed by atoms with Crippen LogP contribution in [0.25, 0.3) is 0 Å². The van der Waals surface area contributed by atoms with E-state index in [0.29, 0.717) is 25.4 Å². The van der Waals surface area contributed by atoms with Crippen molar-refractivity contribution in [2.75, 3.05) is 13.1 Å². The van der Waals surface area contributed by atoms with Crippen LogP contribution in [0.4, 0.5) is 4.39 Å². The molecule has 1 aromatic carbocycles. The number of amides is 1. The van der Waals surface area contributed by atoms with Crippen molar-refractivity contribution in [1.29, 1.82) is 0 Å². The summed E-state index contributed by atoms with van der Waals surface area (Å²) in [6.07, 6.45) is 7.93. The van der Waals surface area contributed by atoms with E-state index in [9.17, 15) is 14.3 Å². The first kappa shape index (κ1) is 19.6. The van der Waals surface area contributed by atoms with Crippen LogP contribution < -0.4 is 0 Å². The van der Waals surface area contributed by atoms with Gasteiger partial charge < -0.3 is 14.6 Å². The molecule has 3 aliphatic rings. The third-order valence-corrected chi connectivity index (χ3v) is 7.58. The monoisotopic (exact) mass is 432 g/mol. The molecule has 0 radical (unpaired) electrons. The van der Waals surface area contributed by atoms with Gasteiger partial charge in [-0.05, 0) is 48.1 Å². The molecule has 164 valence electrons. The molecule has 1 saturated heterocycles. The Morgan fingerprint density at radius 3 is 2.97 bits per heavy atom. The van der Waals surface area contributed by atoms with E-state index in [2.05, 4.69) is 32.7 Å². The van der Waals surface area contributed by atoms with Gasteiger partial charge in [-0.15, -0.1) is 0 Å². The number of carbonyl (C=O) groups is 1. The second-order valence-corrected chi connectivity index (χ2v) is 9.42. The summed E-state index contributed by atoms with van der Waals surface area (Å²) in [5.41, 5.74) is 3.46. The maximum atomic E-state index is 13.2. The summed E-state index contributed by atoms with van der Waals surface area (Å²) >= 11 is 0. The number of aromatic nitrogens is 3. The normalized spacial score (nSPS) is 26.4. The number of halogens is 1. The van der Waals surface area contributed by atoms with E-state index in [1.807, 2.05) is 12.4 Å². The molecule has 6 rings (SSSR count). The van der Waals surface area contributed by atoms with Crippen LogP contribution in [0.15, 0.2) is 48.9 Å². The van der Waals surface area contributed by atoms with Gasteiger partial charge in [0.15, 0.2) is 0 Å². The molecule has 1 fully saturated rings. The van der Waals surface area contributed by atoms with E-state index >= 15 is 0 Å². The Bertz CT molecular complexity index is 1190. The molecule has 6 nitrogen and oxygen atoms in total. The number of benzene rings is 1. The number of nitrogens with zero attached hydrogens (tertiary/aromatic N) is 4. The number of rotatable bonds is 2. The van der Waals surface area contributed by atoms with Gasteiger partial charge in [0.2, 0.25) is 0 Å². The van der Waals surface area contributed by atoms with Crippen LogP contribution in [0.3, 0.4) is 0 Å². The number of aliphatic hydroxyl groups excluding tert-OH is 1. The molecule has 3 atom stereocenters. The number of likely N-dealkylation sites (tertiary alicyclic amines) is 1. The maximum absolute atomic E-state index is 13.2. The zero-order valence-corrected chi connectivity index (χ0v) is 17.7. The summed E-state index contributed by atoms with van der Waals surface area (Å²) < 4.78 is 15.4. The number of hydrogen-bond acceptors (Lipinski definition) is 4. The number of aryl methyl sites for hydroxylation is 1. The Morgan fingerprint density at radius 2 is 2.12 bits per heavy atom. The molecule has 2 aliphatic heterocycles.